The number of fused-ring (bicyclic) bond motifs is 1. The summed E-state index contributed by atoms with van der Waals surface area (Å²) >= 11 is 0. The van der Waals surface area contributed by atoms with Crippen molar-refractivity contribution in [1.29, 1.82) is 0 Å². The van der Waals surface area contributed by atoms with E-state index in [1.807, 2.05) is 6.07 Å². The summed E-state index contributed by atoms with van der Waals surface area (Å²) in [4.78, 5) is 3.82. The van der Waals surface area contributed by atoms with Gasteiger partial charge in [-0.1, -0.05) is 18.2 Å². The van der Waals surface area contributed by atoms with E-state index in [4.69, 9.17) is 4.74 Å². The molecule has 2 N–H and O–H groups in total. The zero-order valence-electron chi connectivity index (χ0n) is 12.1. The van der Waals surface area contributed by atoms with Crippen LogP contribution in [0.25, 0.3) is 0 Å². The van der Waals surface area contributed by atoms with Crippen LogP contribution in [0.4, 0.5) is 0 Å². The number of aromatic nitrogens is 2. The molecule has 0 radical (unpaired) electrons. The molecule has 0 saturated carbocycles. The molecule has 2 heterocycles. The lowest BCUT2D eigenvalue weighted by Gasteiger charge is -2.34. The molecule has 7 nitrogen and oxygen atoms in total. The van der Waals surface area contributed by atoms with Crippen LogP contribution in [-0.4, -0.2) is 36.2 Å². The maximum atomic E-state index is 12.2. The summed E-state index contributed by atoms with van der Waals surface area (Å²) in [5.41, 5.74) is -0.707. The smallest absolute Gasteiger partial charge is 0.259 e. The van der Waals surface area contributed by atoms with Crippen LogP contribution in [0.5, 0.6) is 5.75 Å². The molecule has 2 aromatic rings. The van der Waals surface area contributed by atoms with Crippen molar-refractivity contribution in [2.45, 2.75) is 17.0 Å². The van der Waals surface area contributed by atoms with Crippen LogP contribution in [0.15, 0.2) is 41.8 Å². The third-order valence-electron chi connectivity index (χ3n) is 3.67. The van der Waals surface area contributed by atoms with Crippen molar-refractivity contribution in [2.24, 2.45) is 7.05 Å². The van der Waals surface area contributed by atoms with Gasteiger partial charge in [0.2, 0.25) is 0 Å². The van der Waals surface area contributed by atoms with E-state index in [1.54, 1.807) is 29.8 Å². The van der Waals surface area contributed by atoms with Gasteiger partial charge in [-0.25, -0.2) is 18.1 Å². The Morgan fingerprint density at radius 1 is 1.45 bits per heavy atom. The Labute approximate surface area is 128 Å². The number of para-hydroxylation sites is 1. The Bertz CT molecular complexity index is 787. The maximum Gasteiger partial charge on any atom is 0.259 e. The van der Waals surface area contributed by atoms with E-state index in [0.29, 0.717) is 24.3 Å². The quantitative estimate of drug-likeness (QED) is 0.848. The number of ether oxygens (including phenoxy) is 1. The van der Waals surface area contributed by atoms with Gasteiger partial charge in [0.25, 0.3) is 10.0 Å². The minimum absolute atomic E-state index is 0.0704. The van der Waals surface area contributed by atoms with Crippen molar-refractivity contribution in [3.8, 4) is 5.75 Å². The number of aryl methyl sites for hydroxylation is 1. The van der Waals surface area contributed by atoms with Crippen molar-refractivity contribution in [2.75, 3.05) is 13.2 Å². The summed E-state index contributed by atoms with van der Waals surface area (Å²) in [5, 5.41) is 10.7. The second-order valence-electron chi connectivity index (χ2n) is 5.33. The predicted molar refractivity (Wildman–Crippen MR) is 78.8 cm³/mol. The van der Waals surface area contributed by atoms with Gasteiger partial charge in [-0.3, -0.25) is 0 Å². The molecular weight excluding hydrogens is 306 g/mol. The molecule has 3 rings (SSSR count). The molecule has 1 aliphatic rings. The van der Waals surface area contributed by atoms with E-state index < -0.39 is 15.6 Å². The molecule has 22 heavy (non-hydrogen) atoms. The molecule has 1 aliphatic heterocycles. The number of hydrogen-bond donors (Lipinski definition) is 2. The first kappa shape index (κ1) is 15.0. The van der Waals surface area contributed by atoms with Crippen LogP contribution in [0.1, 0.15) is 12.0 Å². The highest BCUT2D eigenvalue weighted by atomic mass is 32.2. The summed E-state index contributed by atoms with van der Waals surface area (Å²) in [5.74, 6) is 0.577. The molecule has 0 spiro atoms. The van der Waals surface area contributed by atoms with Crippen molar-refractivity contribution < 1.29 is 18.3 Å². The first-order chi connectivity index (χ1) is 10.4. The van der Waals surface area contributed by atoms with Crippen molar-refractivity contribution in [3.63, 3.8) is 0 Å². The van der Waals surface area contributed by atoms with Crippen LogP contribution in [-0.2, 0) is 22.7 Å². The Morgan fingerprint density at radius 2 is 2.23 bits per heavy atom. The van der Waals surface area contributed by atoms with E-state index in [2.05, 4.69) is 9.71 Å². The molecule has 1 aromatic heterocycles. The van der Waals surface area contributed by atoms with Gasteiger partial charge in [0.05, 0.1) is 12.9 Å². The molecule has 1 aromatic carbocycles. The lowest BCUT2D eigenvalue weighted by Crippen LogP contribution is -2.43. The number of rotatable bonds is 4. The molecular formula is C14H17N3O4S. The Morgan fingerprint density at radius 3 is 2.95 bits per heavy atom. The lowest BCUT2D eigenvalue weighted by atomic mass is 9.88. The summed E-state index contributed by atoms with van der Waals surface area (Å²) < 4.78 is 33.9. The minimum Gasteiger partial charge on any atom is -0.493 e. The summed E-state index contributed by atoms with van der Waals surface area (Å²) in [6.07, 6.45) is 3.13. The molecule has 1 atom stereocenters. The van der Waals surface area contributed by atoms with Crippen LogP contribution < -0.4 is 9.46 Å². The minimum atomic E-state index is -3.76. The zero-order valence-corrected chi connectivity index (χ0v) is 12.9. The number of sulfonamides is 1. The monoisotopic (exact) mass is 323 g/mol. The van der Waals surface area contributed by atoms with Gasteiger partial charge < -0.3 is 14.4 Å². The zero-order chi connectivity index (χ0) is 15.8. The van der Waals surface area contributed by atoms with Gasteiger partial charge in [0, 0.05) is 31.8 Å². The molecule has 0 fully saturated rings. The van der Waals surface area contributed by atoms with E-state index >= 15 is 0 Å². The molecule has 1 unspecified atom stereocenters. The highest BCUT2D eigenvalue weighted by Crippen LogP contribution is 2.36. The van der Waals surface area contributed by atoms with Crippen molar-refractivity contribution in [3.05, 3.63) is 42.4 Å². The standard InChI is InChI=1S/C14H17N3O4S/c1-17-8-13(15-10-17)22(19,20)16-9-14(18)6-7-21-12-5-3-2-4-11(12)14/h2-5,8,10,16,18H,6-7,9H2,1H3. The fraction of sp³-hybridized carbons (Fsp3) is 0.357. The second-order valence-corrected chi connectivity index (χ2v) is 7.04. The van der Waals surface area contributed by atoms with Crippen LogP contribution in [0.2, 0.25) is 0 Å². The Kier molecular flexibility index (Phi) is 3.67. The number of nitrogens with one attached hydrogen (secondary N) is 1. The molecule has 8 heteroatoms. The molecule has 0 bridgehead atoms. The summed E-state index contributed by atoms with van der Waals surface area (Å²) in [7, 11) is -2.07. The number of aliphatic hydroxyl groups is 1. The van der Waals surface area contributed by atoms with E-state index in [9.17, 15) is 13.5 Å². The maximum absolute atomic E-state index is 12.2. The van der Waals surface area contributed by atoms with E-state index in [1.165, 1.54) is 12.5 Å². The average Bonchev–Trinajstić information content (AvgIpc) is 2.94. The molecule has 0 aliphatic carbocycles. The van der Waals surface area contributed by atoms with Gasteiger partial charge in [-0.15, -0.1) is 0 Å². The number of imidazole rings is 1. The fourth-order valence-electron chi connectivity index (χ4n) is 2.44. The van der Waals surface area contributed by atoms with Crippen LogP contribution in [0.3, 0.4) is 0 Å². The van der Waals surface area contributed by atoms with Gasteiger partial charge in [-0.2, -0.15) is 0 Å². The molecule has 0 saturated heterocycles. The van der Waals surface area contributed by atoms with Gasteiger partial charge >= 0.3 is 0 Å². The topological polar surface area (TPSA) is 93.5 Å². The first-order valence-corrected chi connectivity index (χ1v) is 8.31. The van der Waals surface area contributed by atoms with Crippen LogP contribution >= 0.6 is 0 Å². The van der Waals surface area contributed by atoms with Gasteiger partial charge in [-0.05, 0) is 6.07 Å². The summed E-state index contributed by atoms with van der Waals surface area (Å²) in [6, 6.07) is 7.09. The van der Waals surface area contributed by atoms with Crippen LogP contribution in [0, 0.1) is 0 Å². The highest BCUT2D eigenvalue weighted by molar-refractivity contribution is 7.89. The van der Waals surface area contributed by atoms with Gasteiger partial charge in [0.1, 0.15) is 11.4 Å². The van der Waals surface area contributed by atoms with E-state index in [-0.39, 0.29) is 11.6 Å². The molecule has 0 amide bonds. The Hall–Kier alpha value is -1.90. The summed E-state index contributed by atoms with van der Waals surface area (Å²) in [6.45, 7) is 0.200. The SMILES string of the molecule is Cn1cnc(S(=O)(=O)NCC2(O)CCOc3ccccc32)c1. The average molecular weight is 323 g/mol. The highest BCUT2D eigenvalue weighted by Gasteiger charge is 2.36. The third kappa shape index (κ3) is 2.72. The third-order valence-corrected chi connectivity index (χ3v) is 4.96. The fourth-order valence-corrected chi connectivity index (χ4v) is 3.51. The number of hydrogen-bond acceptors (Lipinski definition) is 5. The Balaban J connectivity index is 1.82. The lowest BCUT2D eigenvalue weighted by molar-refractivity contribution is 0.00218. The second kappa shape index (κ2) is 5.38. The number of nitrogens with zero attached hydrogens (tertiary/aromatic N) is 2. The predicted octanol–water partition coefficient (Wildman–Crippen LogP) is 0.369. The first-order valence-electron chi connectivity index (χ1n) is 6.83. The largest absolute Gasteiger partial charge is 0.493 e. The molecule has 118 valence electrons. The number of benzene rings is 1. The van der Waals surface area contributed by atoms with Gasteiger partial charge in [0.15, 0.2) is 5.03 Å². The normalized spacial score (nSPS) is 21.2. The van der Waals surface area contributed by atoms with E-state index in [0.717, 1.165) is 0 Å². The van der Waals surface area contributed by atoms with Crippen molar-refractivity contribution in [1.82, 2.24) is 14.3 Å². The van der Waals surface area contributed by atoms with Crippen molar-refractivity contribution >= 4 is 10.0 Å².